The zero-order chi connectivity index (χ0) is 6.24. The summed E-state index contributed by atoms with van der Waals surface area (Å²) in [6, 6.07) is 0. The van der Waals surface area contributed by atoms with Crippen LogP contribution in [0.4, 0.5) is 0 Å². The van der Waals surface area contributed by atoms with Crippen molar-refractivity contribution in [3.05, 3.63) is 12.7 Å². The Morgan fingerprint density at radius 1 is 1.33 bits per heavy atom. The van der Waals surface area contributed by atoms with E-state index in [4.69, 9.17) is 0 Å². The Bertz CT molecular complexity index is 38.9. The minimum absolute atomic E-state index is 0. The van der Waals surface area contributed by atoms with E-state index < -0.39 is 0 Å². The summed E-state index contributed by atoms with van der Waals surface area (Å²) in [5, 5.41) is 3.22. The maximum atomic E-state index is 3.36. The number of allylic oxidation sites excluding steroid dienone is 1. The molecule has 1 rings (SSSR count). The quantitative estimate of drug-likeness (QED) is 0.494. The Balaban J connectivity index is 0. The molecule has 0 atom stereocenters. The van der Waals surface area contributed by atoms with Crippen LogP contribution in [0, 0.1) is 0 Å². The predicted octanol–water partition coefficient (Wildman–Crippen LogP) is 2.20. The van der Waals surface area contributed by atoms with Crippen molar-refractivity contribution in [2.24, 2.45) is 0 Å². The molecule has 0 unspecified atom stereocenters. The van der Waals surface area contributed by atoms with Crippen molar-refractivity contribution in [1.82, 2.24) is 5.32 Å². The molecule has 9 heavy (non-hydrogen) atoms. The smallest absolute Gasteiger partial charge is 0.00484 e. The molecule has 0 bridgehead atoms. The molecule has 0 amide bonds. The average molecular weight is 129 g/mol. The first-order valence-electron chi connectivity index (χ1n) is 3.19. The molecule has 1 aliphatic heterocycles. The summed E-state index contributed by atoms with van der Waals surface area (Å²) in [5.41, 5.74) is 0. The van der Waals surface area contributed by atoms with Crippen molar-refractivity contribution in [2.75, 3.05) is 13.1 Å². The van der Waals surface area contributed by atoms with E-state index in [2.05, 4.69) is 11.9 Å². The largest absolute Gasteiger partial charge is 0.317 e. The van der Waals surface area contributed by atoms with Crippen LogP contribution in [0.1, 0.15) is 27.2 Å². The van der Waals surface area contributed by atoms with Gasteiger partial charge in [0.05, 0.1) is 0 Å². The zero-order valence-corrected chi connectivity index (χ0v) is 5.61. The van der Waals surface area contributed by atoms with Crippen LogP contribution in [0.15, 0.2) is 12.7 Å². The van der Waals surface area contributed by atoms with Gasteiger partial charge < -0.3 is 5.32 Å². The lowest BCUT2D eigenvalue weighted by Gasteiger charge is -1.76. The Morgan fingerprint density at radius 3 is 1.78 bits per heavy atom. The Kier molecular flexibility index (Phi) is 13.6. The van der Waals surface area contributed by atoms with Crippen LogP contribution < -0.4 is 5.32 Å². The highest BCUT2D eigenvalue weighted by atomic mass is 14.9. The van der Waals surface area contributed by atoms with Gasteiger partial charge in [-0.15, -0.1) is 6.58 Å². The topological polar surface area (TPSA) is 12.0 Å². The summed E-state index contributed by atoms with van der Waals surface area (Å²) in [6.45, 7) is 7.75. The van der Waals surface area contributed by atoms with Gasteiger partial charge in [0.25, 0.3) is 0 Å². The van der Waals surface area contributed by atoms with E-state index in [9.17, 15) is 0 Å². The van der Waals surface area contributed by atoms with E-state index in [-0.39, 0.29) is 7.43 Å². The molecule has 1 heteroatoms. The number of nitrogens with one attached hydrogen (secondary N) is 1. The van der Waals surface area contributed by atoms with E-state index in [1.807, 2.05) is 6.92 Å². The lowest BCUT2D eigenvalue weighted by atomic mass is 10.4. The van der Waals surface area contributed by atoms with Gasteiger partial charge in [0.15, 0.2) is 0 Å². The molecule has 0 radical (unpaired) electrons. The lowest BCUT2D eigenvalue weighted by molar-refractivity contribution is 0.857. The first-order chi connectivity index (χ1) is 3.91. The third kappa shape index (κ3) is 11.3. The van der Waals surface area contributed by atoms with Gasteiger partial charge >= 0.3 is 0 Å². The normalized spacial score (nSPS) is 14.8. The molecule has 0 aromatic rings. The van der Waals surface area contributed by atoms with Crippen LogP contribution in [-0.2, 0) is 0 Å². The van der Waals surface area contributed by atoms with Crippen LogP contribution >= 0.6 is 0 Å². The fraction of sp³-hybridized carbons (Fsp3) is 0.750. The molecule has 1 fully saturated rings. The zero-order valence-electron chi connectivity index (χ0n) is 5.61. The SMILES string of the molecule is C.C1CCNC1.C=CC. The molecule has 0 saturated carbocycles. The summed E-state index contributed by atoms with van der Waals surface area (Å²) in [6.07, 6.45) is 4.53. The molecule has 1 nitrogen and oxygen atoms in total. The van der Waals surface area contributed by atoms with Gasteiger partial charge in [-0.3, -0.25) is 0 Å². The summed E-state index contributed by atoms with van der Waals surface area (Å²) < 4.78 is 0. The van der Waals surface area contributed by atoms with Crippen LogP contribution in [-0.4, -0.2) is 13.1 Å². The van der Waals surface area contributed by atoms with Gasteiger partial charge in [-0.2, -0.15) is 0 Å². The fourth-order valence-corrected chi connectivity index (χ4v) is 0.625. The molecular formula is C8H19N. The van der Waals surface area contributed by atoms with Gasteiger partial charge in [0, 0.05) is 0 Å². The minimum atomic E-state index is 0. The summed E-state index contributed by atoms with van der Waals surface area (Å²) >= 11 is 0. The minimum Gasteiger partial charge on any atom is -0.317 e. The Morgan fingerprint density at radius 2 is 1.67 bits per heavy atom. The van der Waals surface area contributed by atoms with E-state index >= 15 is 0 Å². The van der Waals surface area contributed by atoms with Gasteiger partial charge in [-0.05, 0) is 32.9 Å². The first-order valence-corrected chi connectivity index (χ1v) is 3.19. The van der Waals surface area contributed by atoms with Crippen molar-refractivity contribution in [2.45, 2.75) is 27.2 Å². The third-order valence-corrected chi connectivity index (χ3v) is 0.957. The maximum Gasteiger partial charge on any atom is -0.00484 e. The van der Waals surface area contributed by atoms with E-state index in [1.165, 1.54) is 25.9 Å². The van der Waals surface area contributed by atoms with Crippen molar-refractivity contribution < 1.29 is 0 Å². The molecule has 1 saturated heterocycles. The maximum absolute atomic E-state index is 3.36. The van der Waals surface area contributed by atoms with Crippen molar-refractivity contribution in [3.8, 4) is 0 Å². The highest BCUT2D eigenvalue weighted by Gasteiger charge is 1.93. The molecule has 0 aliphatic carbocycles. The van der Waals surface area contributed by atoms with Gasteiger partial charge in [-0.25, -0.2) is 0 Å². The molecule has 1 N–H and O–H groups in total. The number of hydrogen-bond acceptors (Lipinski definition) is 1. The second-order valence-electron chi connectivity index (χ2n) is 1.87. The molecule has 1 heterocycles. The van der Waals surface area contributed by atoms with Crippen molar-refractivity contribution in [3.63, 3.8) is 0 Å². The fourth-order valence-electron chi connectivity index (χ4n) is 0.625. The number of hydrogen-bond donors (Lipinski definition) is 1. The summed E-state index contributed by atoms with van der Waals surface area (Å²) in [5.74, 6) is 0. The van der Waals surface area contributed by atoms with Gasteiger partial charge in [0.2, 0.25) is 0 Å². The van der Waals surface area contributed by atoms with Crippen LogP contribution in [0.25, 0.3) is 0 Å². The Labute approximate surface area is 59.2 Å². The van der Waals surface area contributed by atoms with Gasteiger partial charge in [0.1, 0.15) is 0 Å². The van der Waals surface area contributed by atoms with E-state index in [0.717, 1.165) is 0 Å². The second-order valence-corrected chi connectivity index (χ2v) is 1.87. The van der Waals surface area contributed by atoms with Crippen LogP contribution in [0.3, 0.4) is 0 Å². The third-order valence-electron chi connectivity index (χ3n) is 0.957. The molecule has 0 spiro atoms. The highest BCUT2D eigenvalue weighted by Crippen LogP contribution is 1.90. The Hall–Kier alpha value is -0.300. The predicted molar refractivity (Wildman–Crippen MR) is 44.7 cm³/mol. The highest BCUT2D eigenvalue weighted by molar-refractivity contribution is 4.55. The monoisotopic (exact) mass is 129 g/mol. The molecule has 0 aromatic heterocycles. The number of rotatable bonds is 0. The van der Waals surface area contributed by atoms with Gasteiger partial charge in [-0.1, -0.05) is 13.5 Å². The van der Waals surface area contributed by atoms with E-state index in [1.54, 1.807) is 6.08 Å². The lowest BCUT2D eigenvalue weighted by Crippen LogP contribution is -2.03. The second kappa shape index (κ2) is 10.6. The van der Waals surface area contributed by atoms with E-state index in [0.29, 0.717) is 0 Å². The van der Waals surface area contributed by atoms with Crippen molar-refractivity contribution >= 4 is 0 Å². The molecular weight excluding hydrogens is 110 g/mol. The standard InChI is InChI=1S/C4H9N.C3H6.CH4/c1-2-4-5-3-1;1-3-2;/h5H,1-4H2;3H,1H2,2H3;1H4. The molecule has 56 valence electrons. The first kappa shape index (κ1) is 11.5. The molecule has 1 aliphatic rings. The average Bonchev–Trinajstić information content (AvgIpc) is 2.17. The van der Waals surface area contributed by atoms with Crippen LogP contribution in [0.5, 0.6) is 0 Å². The van der Waals surface area contributed by atoms with Crippen molar-refractivity contribution in [1.29, 1.82) is 0 Å². The summed E-state index contributed by atoms with van der Waals surface area (Å²) in [4.78, 5) is 0. The summed E-state index contributed by atoms with van der Waals surface area (Å²) in [7, 11) is 0. The molecule has 0 aromatic carbocycles. The van der Waals surface area contributed by atoms with Crippen LogP contribution in [0.2, 0.25) is 0 Å².